The largest absolute Gasteiger partial charge is 0.478 e. The van der Waals surface area contributed by atoms with Gasteiger partial charge in [0.25, 0.3) is 5.91 Å². The van der Waals surface area contributed by atoms with Crippen LogP contribution in [-0.2, 0) is 23.4 Å². The summed E-state index contributed by atoms with van der Waals surface area (Å²) in [6.07, 6.45) is 2.05. The predicted molar refractivity (Wildman–Crippen MR) is 116 cm³/mol. The van der Waals surface area contributed by atoms with Crippen molar-refractivity contribution in [3.05, 3.63) is 52.8 Å². The van der Waals surface area contributed by atoms with Gasteiger partial charge in [-0.2, -0.15) is 5.10 Å². The standard InChI is InChI=1S/C23H30N4O5/c1-22(2,3)32-21(31)26-10-11-27-18(14-26)17(13-24-27)19(28)25(4)23(8-9-23)16-7-5-6-15(12-16)20(29)30/h5-7,12-13,21,31H,8-11,14H2,1-4H3,(H,29,30). The van der Waals surface area contributed by atoms with Crippen molar-refractivity contribution in [2.45, 2.75) is 64.3 Å². The summed E-state index contributed by atoms with van der Waals surface area (Å²) < 4.78 is 7.48. The van der Waals surface area contributed by atoms with Crippen LogP contribution in [0.15, 0.2) is 30.5 Å². The summed E-state index contributed by atoms with van der Waals surface area (Å²) in [5.74, 6) is -1.16. The number of aliphatic hydroxyl groups is 1. The van der Waals surface area contributed by atoms with Crippen LogP contribution >= 0.6 is 0 Å². The molecule has 1 aliphatic heterocycles. The number of carbonyl (C=O) groups is 2. The van der Waals surface area contributed by atoms with E-state index in [9.17, 15) is 19.8 Å². The van der Waals surface area contributed by atoms with E-state index in [1.807, 2.05) is 26.8 Å². The van der Waals surface area contributed by atoms with Gasteiger partial charge < -0.3 is 19.8 Å². The van der Waals surface area contributed by atoms with Gasteiger partial charge in [0.05, 0.1) is 40.7 Å². The summed E-state index contributed by atoms with van der Waals surface area (Å²) >= 11 is 0. The Bertz CT molecular complexity index is 1040. The minimum atomic E-state index is -1.08. The van der Waals surface area contributed by atoms with Gasteiger partial charge in [0, 0.05) is 20.1 Å². The lowest BCUT2D eigenvalue weighted by Gasteiger charge is -2.35. The molecule has 0 radical (unpaired) electrons. The average molecular weight is 443 g/mol. The molecule has 2 N–H and O–H groups in total. The van der Waals surface area contributed by atoms with Crippen molar-refractivity contribution in [3.8, 4) is 0 Å². The summed E-state index contributed by atoms with van der Waals surface area (Å²) in [6, 6.07) is 6.79. The molecule has 0 spiro atoms. The zero-order chi connectivity index (χ0) is 23.3. The monoisotopic (exact) mass is 442 g/mol. The average Bonchev–Trinajstić information content (AvgIpc) is 3.44. The Labute approximate surface area is 187 Å². The third-order valence-corrected chi connectivity index (χ3v) is 6.22. The summed E-state index contributed by atoms with van der Waals surface area (Å²) in [4.78, 5) is 28.4. The van der Waals surface area contributed by atoms with Crippen LogP contribution < -0.4 is 0 Å². The smallest absolute Gasteiger partial charge is 0.335 e. The first-order chi connectivity index (χ1) is 15.0. The Morgan fingerprint density at radius 2 is 1.97 bits per heavy atom. The molecule has 2 aliphatic rings. The van der Waals surface area contributed by atoms with Gasteiger partial charge in [-0.15, -0.1) is 0 Å². The molecule has 2 aromatic rings. The number of carboxylic acids is 1. The summed E-state index contributed by atoms with van der Waals surface area (Å²) in [5.41, 5.74) is 1.24. The van der Waals surface area contributed by atoms with E-state index in [0.29, 0.717) is 25.2 Å². The highest BCUT2D eigenvalue weighted by Gasteiger charge is 2.50. The molecule has 1 aliphatic carbocycles. The Balaban J connectivity index is 1.56. The first kappa shape index (κ1) is 22.4. The van der Waals surface area contributed by atoms with Crippen molar-refractivity contribution in [2.24, 2.45) is 0 Å². The van der Waals surface area contributed by atoms with E-state index < -0.39 is 23.5 Å². The van der Waals surface area contributed by atoms with Crippen molar-refractivity contribution in [1.29, 1.82) is 0 Å². The third kappa shape index (κ3) is 4.15. The molecule has 1 atom stereocenters. The molecule has 172 valence electrons. The van der Waals surface area contributed by atoms with Crippen molar-refractivity contribution in [1.82, 2.24) is 19.6 Å². The zero-order valence-corrected chi connectivity index (χ0v) is 18.9. The Hall–Kier alpha value is -2.75. The van der Waals surface area contributed by atoms with Crippen molar-refractivity contribution >= 4 is 11.9 Å². The number of aliphatic hydroxyl groups excluding tert-OH is 1. The van der Waals surface area contributed by atoms with Crippen LogP contribution in [0.3, 0.4) is 0 Å². The molecule has 1 unspecified atom stereocenters. The van der Waals surface area contributed by atoms with Gasteiger partial charge in [-0.05, 0) is 51.3 Å². The minimum absolute atomic E-state index is 0.169. The number of fused-ring (bicyclic) bond motifs is 1. The number of aromatic nitrogens is 2. The van der Waals surface area contributed by atoms with Crippen LogP contribution in [0, 0.1) is 0 Å². The number of hydrogen-bond donors (Lipinski definition) is 2. The van der Waals surface area contributed by atoms with Crippen LogP contribution in [0.1, 0.15) is 65.6 Å². The van der Waals surface area contributed by atoms with E-state index in [0.717, 1.165) is 24.1 Å². The van der Waals surface area contributed by atoms with E-state index >= 15 is 0 Å². The molecule has 9 heteroatoms. The molecular weight excluding hydrogens is 412 g/mol. The van der Waals surface area contributed by atoms with Crippen LogP contribution in [-0.4, -0.2) is 67.3 Å². The first-order valence-electron chi connectivity index (χ1n) is 10.8. The molecule has 0 saturated heterocycles. The third-order valence-electron chi connectivity index (χ3n) is 6.22. The van der Waals surface area contributed by atoms with E-state index in [1.54, 1.807) is 45.9 Å². The van der Waals surface area contributed by atoms with Gasteiger partial charge in [0.15, 0.2) is 0 Å². The van der Waals surface area contributed by atoms with Crippen molar-refractivity contribution < 1.29 is 24.5 Å². The number of benzene rings is 1. The summed E-state index contributed by atoms with van der Waals surface area (Å²) in [5, 5.41) is 24.2. The van der Waals surface area contributed by atoms with E-state index in [2.05, 4.69) is 5.10 Å². The van der Waals surface area contributed by atoms with E-state index in [4.69, 9.17) is 4.74 Å². The molecular formula is C23H30N4O5. The van der Waals surface area contributed by atoms with Gasteiger partial charge in [0.1, 0.15) is 0 Å². The number of carbonyl (C=O) groups excluding carboxylic acids is 1. The van der Waals surface area contributed by atoms with Crippen LogP contribution in [0.4, 0.5) is 0 Å². The van der Waals surface area contributed by atoms with Crippen molar-refractivity contribution in [3.63, 3.8) is 0 Å². The second-order valence-electron chi connectivity index (χ2n) is 9.54. The number of amides is 1. The fourth-order valence-electron chi connectivity index (χ4n) is 4.28. The minimum Gasteiger partial charge on any atom is -0.478 e. The second-order valence-corrected chi connectivity index (χ2v) is 9.54. The maximum Gasteiger partial charge on any atom is 0.335 e. The quantitative estimate of drug-likeness (QED) is 0.661. The number of hydrogen-bond acceptors (Lipinski definition) is 6. The highest BCUT2D eigenvalue weighted by Crippen LogP contribution is 2.51. The number of aromatic carboxylic acids is 1. The van der Waals surface area contributed by atoms with Gasteiger partial charge in [-0.25, -0.2) is 9.69 Å². The Morgan fingerprint density at radius 1 is 1.25 bits per heavy atom. The van der Waals surface area contributed by atoms with Crippen LogP contribution in [0.25, 0.3) is 0 Å². The van der Waals surface area contributed by atoms with Gasteiger partial charge >= 0.3 is 5.97 Å². The first-order valence-corrected chi connectivity index (χ1v) is 10.8. The fourth-order valence-corrected chi connectivity index (χ4v) is 4.28. The topological polar surface area (TPSA) is 108 Å². The highest BCUT2D eigenvalue weighted by molar-refractivity contribution is 5.96. The summed E-state index contributed by atoms with van der Waals surface area (Å²) in [7, 11) is 1.75. The second kappa shape index (κ2) is 7.99. The molecule has 1 fully saturated rings. The molecule has 1 saturated carbocycles. The number of ether oxygens (including phenoxy) is 1. The van der Waals surface area contributed by atoms with E-state index in [-0.39, 0.29) is 11.5 Å². The Kier molecular flexibility index (Phi) is 5.60. The Morgan fingerprint density at radius 3 is 2.59 bits per heavy atom. The fraction of sp³-hybridized carbons (Fsp3) is 0.522. The van der Waals surface area contributed by atoms with Gasteiger partial charge in [-0.3, -0.25) is 9.48 Å². The lowest BCUT2D eigenvalue weighted by atomic mass is 9.99. The number of rotatable bonds is 6. The molecule has 1 aromatic heterocycles. The normalized spacial score (nSPS) is 18.7. The van der Waals surface area contributed by atoms with Gasteiger partial charge in [-0.1, -0.05) is 12.1 Å². The number of carboxylic acid groups (broad SMARTS) is 1. The number of nitrogens with zero attached hydrogens (tertiary/aromatic N) is 4. The maximum atomic E-state index is 13.5. The molecule has 32 heavy (non-hydrogen) atoms. The SMILES string of the molecule is CN(C(=O)c1cnn2c1CN(C(O)OC(C)(C)C)CC2)C1(c2cccc(C(=O)O)c2)CC1. The van der Waals surface area contributed by atoms with Crippen LogP contribution in [0.2, 0.25) is 0 Å². The van der Waals surface area contributed by atoms with E-state index in [1.165, 1.54) is 0 Å². The van der Waals surface area contributed by atoms with Gasteiger partial charge in [0.2, 0.25) is 6.41 Å². The molecule has 4 rings (SSSR count). The molecule has 1 amide bonds. The summed E-state index contributed by atoms with van der Waals surface area (Å²) in [6.45, 7) is 7.08. The van der Waals surface area contributed by atoms with Crippen LogP contribution in [0.5, 0.6) is 0 Å². The molecule has 2 heterocycles. The predicted octanol–water partition coefficient (Wildman–Crippen LogP) is 2.25. The highest BCUT2D eigenvalue weighted by atomic mass is 16.6. The lowest BCUT2D eigenvalue weighted by molar-refractivity contribution is -0.244. The maximum absolute atomic E-state index is 13.5. The zero-order valence-electron chi connectivity index (χ0n) is 18.9. The van der Waals surface area contributed by atoms with Crippen molar-refractivity contribution in [2.75, 3.05) is 13.6 Å². The molecule has 0 bridgehead atoms. The lowest BCUT2D eigenvalue weighted by Crippen LogP contribution is -2.46. The molecule has 1 aromatic carbocycles. The molecule has 9 nitrogen and oxygen atoms in total.